The first-order valence-electron chi connectivity index (χ1n) is 4.92. The lowest BCUT2D eigenvalue weighted by Gasteiger charge is -2.20. The van der Waals surface area contributed by atoms with Gasteiger partial charge in [-0.3, -0.25) is 0 Å². The molecule has 78 valence electrons. The number of hydrogen-bond donors (Lipinski definition) is 2. The van der Waals surface area contributed by atoms with Crippen molar-refractivity contribution in [1.82, 2.24) is 0 Å². The summed E-state index contributed by atoms with van der Waals surface area (Å²) in [6.07, 6.45) is 2.34. The molecule has 0 amide bonds. The maximum absolute atomic E-state index is 9.69. The third-order valence-corrected chi connectivity index (χ3v) is 3.64. The molecule has 0 aliphatic carbocycles. The average Bonchev–Trinajstić information content (AvgIpc) is 2.04. The van der Waals surface area contributed by atoms with Gasteiger partial charge in [0, 0.05) is 3.92 Å². The Hall–Kier alpha value is 0.200. The zero-order valence-corrected chi connectivity index (χ0v) is 11.1. The van der Waals surface area contributed by atoms with Crippen LogP contribution < -0.4 is 4.99 Å². The van der Waals surface area contributed by atoms with E-state index in [-0.39, 0.29) is 5.92 Å². The van der Waals surface area contributed by atoms with Gasteiger partial charge in [0.1, 0.15) is 7.05 Å². The molecular weight excluding hydrogens is 277 g/mol. The predicted molar refractivity (Wildman–Crippen MR) is 65.6 cm³/mol. The third-order valence-electron chi connectivity index (χ3n) is 2.24. The Kier molecular flexibility index (Phi) is 6.73. The number of halogens is 1. The number of aliphatic hydroxyl groups excluding tert-OH is 1. The van der Waals surface area contributed by atoms with Crippen LogP contribution >= 0.6 is 22.6 Å². The molecule has 0 heterocycles. The summed E-state index contributed by atoms with van der Waals surface area (Å²) < 4.78 is 0.523. The Morgan fingerprint density at radius 1 is 1.46 bits per heavy atom. The molecule has 0 bridgehead atoms. The summed E-state index contributed by atoms with van der Waals surface area (Å²) >= 11 is 2.44. The van der Waals surface area contributed by atoms with Gasteiger partial charge >= 0.3 is 5.90 Å². The van der Waals surface area contributed by atoms with Gasteiger partial charge < -0.3 is 5.11 Å². The number of aliphatic hydroxyl groups is 1. The molecule has 2 N–H and O–H groups in total. The van der Waals surface area contributed by atoms with Gasteiger partial charge in [-0.1, -0.05) is 49.8 Å². The van der Waals surface area contributed by atoms with Crippen molar-refractivity contribution in [2.75, 3.05) is 7.05 Å². The van der Waals surface area contributed by atoms with Crippen LogP contribution in [0.5, 0.6) is 0 Å². The van der Waals surface area contributed by atoms with Crippen molar-refractivity contribution >= 4 is 28.5 Å². The number of rotatable bonds is 5. The molecule has 3 heteroatoms. The molecule has 1 unspecified atom stereocenters. The van der Waals surface area contributed by atoms with Crippen molar-refractivity contribution in [3.8, 4) is 0 Å². The maximum Gasteiger partial charge on any atom is 0.336 e. The quantitative estimate of drug-likeness (QED) is 0.343. The minimum atomic E-state index is 0.269. The van der Waals surface area contributed by atoms with E-state index in [9.17, 15) is 5.11 Å². The molecule has 2 atom stereocenters. The lowest BCUT2D eigenvalue weighted by molar-refractivity contribution is -0.434. The fourth-order valence-electron chi connectivity index (χ4n) is 1.53. The molecule has 0 saturated carbocycles. The van der Waals surface area contributed by atoms with E-state index >= 15 is 0 Å². The minimum Gasteiger partial charge on any atom is -0.463 e. The van der Waals surface area contributed by atoms with Crippen molar-refractivity contribution in [2.24, 2.45) is 11.8 Å². The van der Waals surface area contributed by atoms with E-state index < -0.39 is 0 Å². The Morgan fingerprint density at radius 3 is 2.31 bits per heavy atom. The van der Waals surface area contributed by atoms with E-state index in [2.05, 4.69) is 48.4 Å². The normalized spacial score (nSPS) is 17.5. The van der Waals surface area contributed by atoms with Gasteiger partial charge in [-0.25, -0.2) is 4.99 Å². The first-order valence-corrected chi connectivity index (χ1v) is 6.16. The zero-order chi connectivity index (χ0) is 10.4. The highest BCUT2D eigenvalue weighted by Crippen LogP contribution is 2.25. The van der Waals surface area contributed by atoms with Gasteiger partial charge in [0.2, 0.25) is 0 Å². The van der Waals surface area contributed by atoms with Gasteiger partial charge in [0.15, 0.2) is 0 Å². The average molecular weight is 298 g/mol. The second-order valence-corrected chi connectivity index (χ2v) is 5.31. The third kappa shape index (κ3) is 4.29. The van der Waals surface area contributed by atoms with Gasteiger partial charge in [0.25, 0.3) is 0 Å². The molecule has 0 aromatic rings. The van der Waals surface area contributed by atoms with E-state index in [1.165, 1.54) is 6.42 Å². The molecule has 0 aliphatic heterocycles. The predicted octanol–water partition coefficient (Wildman–Crippen LogP) is 1.53. The fourth-order valence-corrected chi connectivity index (χ4v) is 3.32. The SMILES string of the molecule is CCCC(I)[C@@H](C(O)=[NH+]C)C(C)C. The highest BCUT2D eigenvalue weighted by atomic mass is 127. The summed E-state index contributed by atoms with van der Waals surface area (Å²) in [4.78, 5) is 2.85. The highest BCUT2D eigenvalue weighted by molar-refractivity contribution is 14.1. The smallest absolute Gasteiger partial charge is 0.336 e. The lowest BCUT2D eigenvalue weighted by Crippen LogP contribution is -2.70. The second kappa shape index (κ2) is 6.62. The van der Waals surface area contributed by atoms with Crippen LogP contribution in [0.15, 0.2) is 0 Å². The van der Waals surface area contributed by atoms with Crippen LogP contribution in [0.3, 0.4) is 0 Å². The van der Waals surface area contributed by atoms with Gasteiger partial charge in [-0.05, 0) is 12.3 Å². The second-order valence-electron chi connectivity index (χ2n) is 3.71. The van der Waals surface area contributed by atoms with Crippen molar-refractivity contribution in [3.05, 3.63) is 0 Å². The Labute approximate surface area is 95.0 Å². The number of nitrogens with one attached hydrogen (secondary N) is 1. The molecule has 2 nitrogen and oxygen atoms in total. The summed E-state index contributed by atoms with van der Waals surface area (Å²) in [6, 6.07) is 0. The van der Waals surface area contributed by atoms with Gasteiger partial charge in [-0.2, -0.15) is 0 Å². The monoisotopic (exact) mass is 298 g/mol. The summed E-state index contributed by atoms with van der Waals surface area (Å²) in [5.74, 6) is 1.19. The molecule has 0 saturated heterocycles. The van der Waals surface area contributed by atoms with Crippen molar-refractivity contribution in [2.45, 2.75) is 37.5 Å². The zero-order valence-electron chi connectivity index (χ0n) is 8.97. The van der Waals surface area contributed by atoms with Crippen LogP contribution in [-0.4, -0.2) is 22.0 Å². The summed E-state index contributed by atoms with van der Waals surface area (Å²) in [5.41, 5.74) is 0. The molecule has 0 fully saturated rings. The van der Waals surface area contributed by atoms with Crippen LogP contribution in [0.4, 0.5) is 0 Å². The van der Waals surface area contributed by atoms with Crippen molar-refractivity contribution in [1.29, 1.82) is 0 Å². The lowest BCUT2D eigenvalue weighted by atomic mass is 9.90. The van der Waals surface area contributed by atoms with Crippen LogP contribution in [0, 0.1) is 11.8 Å². The van der Waals surface area contributed by atoms with Crippen molar-refractivity contribution < 1.29 is 10.1 Å². The Bertz CT molecular complexity index is 168. The van der Waals surface area contributed by atoms with Gasteiger partial charge in [-0.15, -0.1) is 0 Å². The van der Waals surface area contributed by atoms with Crippen LogP contribution in [0.2, 0.25) is 0 Å². The maximum atomic E-state index is 9.69. The Morgan fingerprint density at radius 2 is 2.00 bits per heavy atom. The molecule has 0 rings (SSSR count). The largest absolute Gasteiger partial charge is 0.463 e. The first-order chi connectivity index (χ1) is 6.04. The standard InChI is InChI=1S/C10H20INO/c1-5-6-8(11)9(7(2)3)10(13)12-4/h7-9H,5-6H2,1-4H3,(H,12,13)/p+1/t8?,9-/m0/s1. The molecule has 0 radical (unpaired) electrons. The summed E-state index contributed by atoms with van der Waals surface area (Å²) in [5, 5.41) is 9.69. The summed E-state index contributed by atoms with van der Waals surface area (Å²) in [7, 11) is 1.78. The fraction of sp³-hybridized carbons (Fsp3) is 0.900. The van der Waals surface area contributed by atoms with E-state index in [1.807, 2.05) is 0 Å². The van der Waals surface area contributed by atoms with Crippen LogP contribution in [0.1, 0.15) is 33.6 Å². The highest BCUT2D eigenvalue weighted by Gasteiger charge is 2.30. The van der Waals surface area contributed by atoms with Crippen molar-refractivity contribution in [3.63, 3.8) is 0 Å². The van der Waals surface area contributed by atoms with Crippen LogP contribution in [0.25, 0.3) is 0 Å². The number of alkyl halides is 1. The molecule has 0 aromatic heterocycles. The topological polar surface area (TPSA) is 34.2 Å². The molecule has 13 heavy (non-hydrogen) atoms. The van der Waals surface area contributed by atoms with E-state index in [0.29, 0.717) is 15.7 Å². The first kappa shape index (κ1) is 13.2. The molecule has 0 aliphatic rings. The van der Waals surface area contributed by atoms with Gasteiger partial charge in [0.05, 0.1) is 5.92 Å². The van der Waals surface area contributed by atoms with E-state index in [4.69, 9.17) is 0 Å². The molecule has 0 aromatic carbocycles. The Balaban J connectivity index is 4.41. The molecular formula is C10H21INO+. The summed E-state index contributed by atoms with van der Waals surface area (Å²) in [6.45, 7) is 6.48. The minimum absolute atomic E-state index is 0.269. The van der Waals surface area contributed by atoms with E-state index in [1.54, 1.807) is 7.05 Å². The molecule has 0 spiro atoms. The van der Waals surface area contributed by atoms with Crippen LogP contribution in [-0.2, 0) is 0 Å². The number of hydrogen-bond acceptors (Lipinski definition) is 0. The van der Waals surface area contributed by atoms with E-state index in [0.717, 1.165) is 6.42 Å².